The van der Waals surface area contributed by atoms with Gasteiger partial charge in [-0.15, -0.1) is 0 Å². The lowest BCUT2D eigenvalue weighted by molar-refractivity contribution is 0.528. The number of unbranched alkanes of at least 4 members (excludes halogenated alkanes) is 3. The van der Waals surface area contributed by atoms with E-state index in [4.69, 9.17) is 5.73 Å². The molecule has 0 aliphatic heterocycles. The molecule has 17 heavy (non-hydrogen) atoms. The van der Waals surface area contributed by atoms with E-state index in [-0.39, 0.29) is 0 Å². The van der Waals surface area contributed by atoms with Gasteiger partial charge in [-0.3, -0.25) is 0 Å². The molecule has 0 fully saturated rings. The first-order valence-electron chi connectivity index (χ1n) is 7.35. The van der Waals surface area contributed by atoms with E-state index in [1.807, 2.05) is 0 Å². The molecular formula is C15H32N2. The highest BCUT2D eigenvalue weighted by Crippen LogP contribution is 2.20. The molecule has 0 saturated carbocycles. The van der Waals surface area contributed by atoms with Crippen molar-refractivity contribution in [1.29, 1.82) is 0 Å². The Labute approximate surface area is 108 Å². The number of hydrogen-bond donors (Lipinski definition) is 2. The van der Waals surface area contributed by atoms with E-state index in [1.54, 1.807) is 5.57 Å². The van der Waals surface area contributed by atoms with Gasteiger partial charge >= 0.3 is 0 Å². The highest BCUT2D eigenvalue weighted by molar-refractivity contribution is 5.07. The zero-order valence-electron chi connectivity index (χ0n) is 12.1. The molecule has 0 aromatic heterocycles. The Morgan fingerprint density at radius 2 is 2.00 bits per heavy atom. The molecule has 0 amide bonds. The summed E-state index contributed by atoms with van der Waals surface area (Å²) in [4.78, 5) is 0. The summed E-state index contributed by atoms with van der Waals surface area (Å²) in [7, 11) is 0. The highest BCUT2D eigenvalue weighted by Gasteiger charge is 2.07. The fourth-order valence-electron chi connectivity index (χ4n) is 2.13. The number of likely N-dealkylation sites (N-methyl/N-ethyl adjacent to an activating group) is 1. The molecule has 3 N–H and O–H groups in total. The SMILES string of the molecule is CCCCCCC(C)/C(=C/CNCC)CCN. The molecule has 0 aliphatic carbocycles. The van der Waals surface area contributed by atoms with Gasteiger partial charge in [-0.1, -0.05) is 58.1 Å². The normalized spacial score (nSPS) is 14.0. The monoisotopic (exact) mass is 240 g/mol. The van der Waals surface area contributed by atoms with E-state index < -0.39 is 0 Å². The average Bonchev–Trinajstić information content (AvgIpc) is 2.33. The maximum atomic E-state index is 5.69. The minimum absolute atomic E-state index is 0.703. The van der Waals surface area contributed by atoms with Crippen LogP contribution in [0.5, 0.6) is 0 Å². The van der Waals surface area contributed by atoms with E-state index in [2.05, 4.69) is 32.2 Å². The van der Waals surface area contributed by atoms with Crippen molar-refractivity contribution in [1.82, 2.24) is 5.32 Å². The van der Waals surface area contributed by atoms with Crippen LogP contribution in [0.1, 0.15) is 59.3 Å². The van der Waals surface area contributed by atoms with Crippen LogP contribution in [0, 0.1) is 5.92 Å². The minimum atomic E-state index is 0.703. The Morgan fingerprint density at radius 3 is 2.59 bits per heavy atom. The standard InChI is InChI=1S/C15H32N2/c1-4-6-7-8-9-14(3)15(10-12-16)11-13-17-5-2/h11,14,17H,4-10,12-13,16H2,1-3H3/b15-11+. The van der Waals surface area contributed by atoms with Crippen LogP contribution in [-0.4, -0.2) is 19.6 Å². The van der Waals surface area contributed by atoms with Crippen LogP contribution in [0.15, 0.2) is 11.6 Å². The summed E-state index contributed by atoms with van der Waals surface area (Å²) in [5, 5.41) is 3.35. The first kappa shape index (κ1) is 16.7. The Bertz CT molecular complexity index is 187. The van der Waals surface area contributed by atoms with Crippen LogP contribution in [0.4, 0.5) is 0 Å². The summed E-state index contributed by atoms with van der Waals surface area (Å²) in [5.41, 5.74) is 7.23. The molecule has 102 valence electrons. The molecule has 2 nitrogen and oxygen atoms in total. The zero-order valence-corrected chi connectivity index (χ0v) is 12.1. The predicted molar refractivity (Wildman–Crippen MR) is 78.2 cm³/mol. The van der Waals surface area contributed by atoms with Gasteiger partial charge in [0.1, 0.15) is 0 Å². The van der Waals surface area contributed by atoms with Crippen LogP contribution in [-0.2, 0) is 0 Å². The Kier molecular flexibility index (Phi) is 11.9. The number of hydrogen-bond acceptors (Lipinski definition) is 2. The molecule has 0 aromatic carbocycles. The molecule has 1 unspecified atom stereocenters. The Morgan fingerprint density at radius 1 is 1.24 bits per heavy atom. The maximum absolute atomic E-state index is 5.69. The fourth-order valence-corrected chi connectivity index (χ4v) is 2.13. The molecule has 0 aromatic rings. The first-order valence-corrected chi connectivity index (χ1v) is 7.35. The van der Waals surface area contributed by atoms with E-state index in [1.165, 1.54) is 32.1 Å². The lowest BCUT2D eigenvalue weighted by Gasteiger charge is -2.16. The van der Waals surface area contributed by atoms with Gasteiger partial charge in [0.05, 0.1) is 0 Å². The molecule has 0 rings (SSSR count). The molecule has 1 atom stereocenters. The summed E-state index contributed by atoms with van der Waals surface area (Å²) < 4.78 is 0. The van der Waals surface area contributed by atoms with Gasteiger partial charge < -0.3 is 11.1 Å². The zero-order chi connectivity index (χ0) is 12.9. The second-order valence-electron chi connectivity index (χ2n) is 4.88. The van der Waals surface area contributed by atoms with Crippen LogP contribution in [0.3, 0.4) is 0 Å². The summed E-state index contributed by atoms with van der Waals surface area (Å²) in [6.07, 6.45) is 10.2. The van der Waals surface area contributed by atoms with Crippen LogP contribution in [0.2, 0.25) is 0 Å². The summed E-state index contributed by atoms with van der Waals surface area (Å²) in [6.45, 7) is 9.56. The van der Waals surface area contributed by atoms with Crippen molar-refractivity contribution in [3.63, 3.8) is 0 Å². The van der Waals surface area contributed by atoms with Crippen molar-refractivity contribution < 1.29 is 0 Å². The van der Waals surface area contributed by atoms with E-state index in [0.29, 0.717) is 5.92 Å². The average molecular weight is 240 g/mol. The molecular weight excluding hydrogens is 208 g/mol. The van der Waals surface area contributed by atoms with Crippen LogP contribution in [0.25, 0.3) is 0 Å². The molecule has 0 saturated heterocycles. The second kappa shape index (κ2) is 12.1. The van der Waals surface area contributed by atoms with Gasteiger partial charge in [0.25, 0.3) is 0 Å². The van der Waals surface area contributed by atoms with Crippen molar-refractivity contribution in [3.8, 4) is 0 Å². The molecule has 0 radical (unpaired) electrons. The van der Waals surface area contributed by atoms with Crippen molar-refractivity contribution in [3.05, 3.63) is 11.6 Å². The Hall–Kier alpha value is -0.340. The Balaban J connectivity index is 3.95. The summed E-state index contributed by atoms with van der Waals surface area (Å²) in [6, 6.07) is 0. The van der Waals surface area contributed by atoms with Crippen LogP contribution >= 0.6 is 0 Å². The van der Waals surface area contributed by atoms with Crippen molar-refractivity contribution in [2.75, 3.05) is 19.6 Å². The smallest absolute Gasteiger partial charge is 0.0137 e. The van der Waals surface area contributed by atoms with Crippen molar-refractivity contribution in [2.45, 2.75) is 59.3 Å². The first-order chi connectivity index (χ1) is 8.26. The second-order valence-corrected chi connectivity index (χ2v) is 4.88. The largest absolute Gasteiger partial charge is 0.330 e. The quantitative estimate of drug-likeness (QED) is 0.428. The van der Waals surface area contributed by atoms with Crippen LogP contribution < -0.4 is 11.1 Å². The molecule has 2 heteroatoms. The number of nitrogens with one attached hydrogen (secondary N) is 1. The van der Waals surface area contributed by atoms with Gasteiger partial charge in [0.2, 0.25) is 0 Å². The van der Waals surface area contributed by atoms with Gasteiger partial charge in [-0.2, -0.15) is 0 Å². The number of rotatable bonds is 11. The van der Waals surface area contributed by atoms with Crippen molar-refractivity contribution in [2.24, 2.45) is 11.7 Å². The van der Waals surface area contributed by atoms with E-state index in [9.17, 15) is 0 Å². The third-order valence-electron chi connectivity index (χ3n) is 3.32. The van der Waals surface area contributed by atoms with Crippen molar-refractivity contribution >= 4 is 0 Å². The third-order valence-corrected chi connectivity index (χ3v) is 3.32. The molecule has 0 aliphatic rings. The van der Waals surface area contributed by atoms with Gasteiger partial charge in [0.15, 0.2) is 0 Å². The molecule has 0 spiro atoms. The van der Waals surface area contributed by atoms with E-state index in [0.717, 1.165) is 26.1 Å². The maximum Gasteiger partial charge on any atom is 0.0137 e. The van der Waals surface area contributed by atoms with Gasteiger partial charge in [0, 0.05) is 6.54 Å². The lowest BCUT2D eigenvalue weighted by Crippen LogP contribution is -2.14. The fraction of sp³-hybridized carbons (Fsp3) is 0.867. The van der Waals surface area contributed by atoms with E-state index >= 15 is 0 Å². The van der Waals surface area contributed by atoms with Gasteiger partial charge in [-0.25, -0.2) is 0 Å². The summed E-state index contributed by atoms with van der Waals surface area (Å²) in [5.74, 6) is 0.703. The highest BCUT2D eigenvalue weighted by atomic mass is 14.8. The molecule has 0 bridgehead atoms. The minimum Gasteiger partial charge on any atom is -0.330 e. The summed E-state index contributed by atoms with van der Waals surface area (Å²) >= 11 is 0. The topological polar surface area (TPSA) is 38.0 Å². The third kappa shape index (κ3) is 9.37. The number of nitrogens with two attached hydrogens (primary N) is 1. The lowest BCUT2D eigenvalue weighted by atomic mass is 9.92. The van der Waals surface area contributed by atoms with Gasteiger partial charge in [-0.05, 0) is 31.8 Å². The molecule has 0 heterocycles. The predicted octanol–water partition coefficient (Wildman–Crippen LogP) is 3.48.